The molecule has 1 aliphatic heterocycles. The molecule has 1 unspecified atom stereocenters. The lowest BCUT2D eigenvalue weighted by molar-refractivity contribution is -0.138. The Morgan fingerprint density at radius 2 is 1.91 bits per heavy atom. The van der Waals surface area contributed by atoms with E-state index in [0.29, 0.717) is 17.0 Å². The molecule has 0 aromatic heterocycles. The molecule has 0 saturated carbocycles. The normalized spacial score (nSPS) is 15.9. The van der Waals surface area contributed by atoms with Gasteiger partial charge in [-0.1, -0.05) is 24.6 Å². The molecule has 23 heavy (non-hydrogen) atoms. The predicted octanol–water partition coefficient (Wildman–Crippen LogP) is 3.86. The van der Waals surface area contributed by atoms with Crippen molar-refractivity contribution in [2.24, 2.45) is 0 Å². The molecular formula is C16H13ClO5S. The summed E-state index contributed by atoms with van der Waals surface area (Å²) >= 11 is 5.88. The van der Waals surface area contributed by atoms with Crippen LogP contribution in [-0.2, 0) is 14.6 Å². The molecule has 1 N–H and O–H groups in total. The first-order valence-electron chi connectivity index (χ1n) is 6.94. The molecule has 0 aliphatic carbocycles. The van der Waals surface area contributed by atoms with Crippen LogP contribution in [0.4, 0.5) is 0 Å². The molecule has 1 atom stereocenters. The average Bonchev–Trinajstić information content (AvgIpc) is 2.48. The van der Waals surface area contributed by atoms with Gasteiger partial charge in [0.25, 0.3) is 0 Å². The van der Waals surface area contributed by atoms with Crippen LogP contribution in [0.25, 0.3) is 0 Å². The number of benzene rings is 2. The van der Waals surface area contributed by atoms with Crippen molar-refractivity contribution < 1.29 is 23.1 Å². The first kappa shape index (κ1) is 15.8. The lowest BCUT2D eigenvalue weighted by Gasteiger charge is -2.22. The van der Waals surface area contributed by atoms with Gasteiger partial charge in [-0.3, -0.25) is 4.79 Å². The topological polar surface area (TPSA) is 80.7 Å². The molecule has 5 nitrogen and oxygen atoms in total. The lowest BCUT2D eigenvalue weighted by Crippen LogP contribution is -2.14. The van der Waals surface area contributed by atoms with E-state index in [1.165, 1.54) is 30.3 Å². The number of hydrogen-bond donors (Lipinski definition) is 1. The molecule has 0 bridgehead atoms. The molecule has 2 aromatic carbocycles. The van der Waals surface area contributed by atoms with E-state index in [-0.39, 0.29) is 21.3 Å². The van der Waals surface area contributed by atoms with E-state index < -0.39 is 21.7 Å². The summed E-state index contributed by atoms with van der Waals surface area (Å²) in [6.45, 7) is 1.74. The second-order valence-corrected chi connectivity index (χ2v) is 7.52. The monoisotopic (exact) mass is 352 g/mol. The third kappa shape index (κ3) is 2.58. The van der Waals surface area contributed by atoms with Crippen molar-refractivity contribution in [2.45, 2.75) is 29.1 Å². The van der Waals surface area contributed by atoms with Crippen LogP contribution in [-0.4, -0.2) is 19.5 Å². The average molecular weight is 353 g/mol. The zero-order chi connectivity index (χ0) is 16.8. The number of carboxylic acid groups (broad SMARTS) is 1. The van der Waals surface area contributed by atoms with E-state index in [1.807, 2.05) is 0 Å². The van der Waals surface area contributed by atoms with Gasteiger partial charge in [-0.05, 0) is 36.2 Å². The van der Waals surface area contributed by atoms with Crippen LogP contribution in [0.3, 0.4) is 0 Å². The van der Waals surface area contributed by atoms with E-state index in [2.05, 4.69) is 0 Å². The van der Waals surface area contributed by atoms with Gasteiger partial charge in [0.05, 0.1) is 5.92 Å². The maximum atomic E-state index is 12.8. The van der Waals surface area contributed by atoms with Crippen LogP contribution in [0, 0.1) is 0 Å². The second kappa shape index (κ2) is 5.54. The van der Waals surface area contributed by atoms with Gasteiger partial charge in [0.15, 0.2) is 0 Å². The molecule has 1 heterocycles. The molecule has 0 amide bonds. The second-order valence-electron chi connectivity index (χ2n) is 5.20. The zero-order valence-electron chi connectivity index (χ0n) is 12.1. The van der Waals surface area contributed by atoms with E-state index in [0.717, 1.165) is 0 Å². The number of halogens is 1. The van der Waals surface area contributed by atoms with E-state index in [1.54, 1.807) is 13.0 Å². The molecule has 0 radical (unpaired) electrons. The van der Waals surface area contributed by atoms with Crippen LogP contribution in [0.2, 0.25) is 5.02 Å². The smallest absolute Gasteiger partial charge is 0.310 e. The summed E-state index contributed by atoms with van der Waals surface area (Å²) in [7, 11) is -3.78. The van der Waals surface area contributed by atoms with Crippen LogP contribution < -0.4 is 4.74 Å². The van der Waals surface area contributed by atoms with Crippen molar-refractivity contribution in [3.63, 3.8) is 0 Å². The number of rotatable bonds is 3. The maximum absolute atomic E-state index is 12.8. The summed E-state index contributed by atoms with van der Waals surface area (Å²) in [5, 5.41) is 9.63. The van der Waals surface area contributed by atoms with E-state index in [9.17, 15) is 18.3 Å². The highest BCUT2D eigenvalue weighted by Crippen LogP contribution is 2.44. The number of fused-ring (bicyclic) bond motifs is 2. The Hall–Kier alpha value is -2.05. The summed E-state index contributed by atoms with van der Waals surface area (Å²) in [4.78, 5) is 11.3. The number of ether oxygens (including phenoxy) is 1. The Labute approximate surface area is 138 Å². The molecule has 3 rings (SSSR count). The highest BCUT2D eigenvalue weighted by Gasteiger charge is 2.32. The van der Waals surface area contributed by atoms with Gasteiger partial charge in [-0.2, -0.15) is 0 Å². The maximum Gasteiger partial charge on any atom is 0.310 e. The van der Waals surface area contributed by atoms with Crippen LogP contribution in [0.1, 0.15) is 24.8 Å². The van der Waals surface area contributed by atoms with Crippen molar-refractivity contribution in [3.8, 4) is 11.5 Å². The standard InChI is InChI=1S/C16H13ClO5S/c1-2-11(16(18)19)9-3-5-12-15(7-9)23(20,21)14-6-4-10(17)8-13(14)22-12/h3-8,11H,2H2,1H3,(H,18,19). The minimum Gasteiger partial charge on any atom is -0.481 e. The fraction of sp³-hybridized carbons (Fsp3) is 0.188. The number of carboxylic acids is 1. The molecule has 2 aromatic rings. The lowest BCUT2D eigenvalue weighted by atomic mass is 9.97. The summed E-state index contributed by atoms with van der Waals surface area (Å²) in [6, 6.07) is 8.74. The fourth-order valence-corrected chi connectivity index (χ4v) is 4.29. The molecule has 0 saturated heterocycles. The first-order valence-corrected chi connectivity index (χ1v) is 8.80. The molecule has 0 fully saturated rings. The number of sulfone groups is 1. The van der Waals surface area contributed by atoms with Gasteiger partial charge in [0.1, 0.15) is 21.3 Å². The first-order chi connectivity index (χ1) is 10.8. The van der Waals surface area contributed by atoms with Crippen LogP contribution >= 0.6 is 11.6 Å². The Morgan fingerprint density at radius 1 is 1.17 bits per heavy atom. The van der Waals surface area contributed by atoms with Crippen molar-refractivity contribution >= 4 is 27.4 Å². The Kier molecular flexibility index (Phi) is 3.82. The summed E-state index contributed by atoms with van der Waals surface area (Å²) in [5.74, 6) is -1.41. The van der Waals surface area contributed by atoms with Gasteiger partial charge in [0.2, 0.25) is 9.84 Å². The van der Waals surface area contributed by atoms with Crippen molar-refractivity contribution in [1.29, 1.82) is 0 Å². The molecule has 120 valence electrons. The molecule has 1 aliphatic rings. The Balaban J connectivity index is 2.17. The van der Waals surface area contributed by atoms with Gasteiger partial charge in [-0.15, -0.1) is 0 Å². The quantitative estimate of drug-likeness (QED) is 0.774. The van der Waals surface area contributed by atoms with Crippen molar-refractivity contribution in [1.82, 2.24) is 0 Å². The minimum absolute atomic E-state index is 0.0231. The molecule has 0 spiro atoms. The van der Waals surface area contributed by atoms with Gasteiger partial charge < -0.3 is 9.84 Å². The zero-order valence-corrected chi connectivity index (χ0v) is 13.7. The molecule has 7 heteroatoms. The van der Waals surface area contributed by atoms with Crippen LogP contribution in [0.15, 0.2) is 46.2 Å². The van der Waals surface area contributed by atoms with Gasteiger partial charge >= 0.3 is 5.97 Å². The Bertz CT molecular complexity index is 905. The van der Waals surface area contributed by atoms with Crippen molar-refractivity contribution in [2.75, 3.05) is 0 Å². The number of carbonyl (C=O) groups is 1. The Morgan fingerprint density at radius 3 is 2.57 bits per heavy atom. The molecular weight excluding hydrogens is 340 g/mol. The minimum atomic E-state index is -3.78. The number of hydrogen-bond acceptors (Lipinski definition) is 4. The SMILES string of the molecule is CCC(C(=O)O)c1ccc2c(c1)S(=O)(=O)c1ccc(Cl)cc1O2. The largest absolute Gasteiger partial charge is 0.481 e. The van der Waals surface area contributed by atoms with Gasteiger partial charge in [-0.25, -0.2) is 8.42 Å². The predicted molar refractivity (Wildman–Crippen MR) is 84.1 cm³/mol. The number of aliphatic carboxylic acids is 1. The fourth-order valence-electron chi connectivity index (χ4n) is 2.61. The highest BCUT2D eigenvalue weighted by atomic mass is 35.5. The van der Waals surface area contributed by atoms with Crippen LogP contribution in [0.5, 0.6) is 11.5 Å². The third-order valence-electron chi connectivity index (χ3n) is 3.78. The summed E-state index contributed by atoms with van der Waals surface area (Å²) < 4.78 is 31.2. The van der Waals surface area contributed by atoms with Gasteiger partial charge in [0, 0.05) is 11.1 Å². The third-order valence-corrected chi connectivity index (χ3v) is 5.83. The van der Waals surface area contributed by atoms with E-state index in [4.69, 9.17) is 16.3 Å². The van der Waals surface area contributed by atoms with Crippen molar-refractivity contribution in [3.05, 3.63) is 47.0 Å². The summed E-state index contributed by atoms with van der Waals surface area (Å²) in [6.07, 6.45) is 0.362. The summed E-state index contributed by atoms with van der Waals surface area (Å²) in [5.41, 5.74) is 0.434. The van der Waals surface area contributed by atoms with E-state index >= 15 is 0 Å². The highest BCUT2D eigenvalue weighted by molar-refractivity contribution is 7.91.